The number of sulfonamides is 1. The Kier molecular flexibility index (Phi) is 5.58. The van der Waals surface area contributed by atoms with Crippen molar-refractivity contribution in [3.05, 3.63) is 64.7 Å². The van der Waals surface area contributed by atoms with Crippen molar-refractivity contribution in [3.63, 3.8) is 0 Å². The topological polar surface area (TPSA) is 66.5 Å². The third kappa shape index (κ3) is 4.43. The molecule has 2 aliphatic carbocycles. The molecule has 154 valence electrons. The van der Waals surface area contributed by atoms with Crippen LogP contribution in [0.25, 0.3) is 0 Å². The van der Waals surface area contributed by atoms with Crippen LogP contribution in [0.3, 0.4) is 0 Å². The fraction of sp³-hybridized carbons (Fsp3) is 0.409. The number of hydrogen-bond donors (Lipinski definition) is 1. The van der Waals surface area contributed by atoms with Gasteiger partial charge < -0.3 is 5.32 Å². The maximum Gasteiger partial charge on any atom is 0.251 e. The van der Waals surface area contributed by atoms with E-state index in [2.05, 4.69) is 5.32 Å². The summed E-state index contributed by atoms with van der Waals surface area (Å²) in [7, 11) is -3.52. The van der Waals surface area contributed by atoms with Gasteiger partial charge in [-0.25, -0.2) is 8.42 Å². The largest absolute Gasteiger partial charge is 0.349 e. The molecule has 5 nitrogen and oxygen atoms in total. The first kappa shape index (κ1) is 20.2. The highest BCUT2D eigenvalue weighted by Gasteiger charge is 2.40. The normalized spacial score (nSPS) is 23.2. The van der Waals surface area contributed by atoms with E-state index in [1.807, 2.05) is 6.07 Å². The van der Waals surface area contributed by atoms with Gasteiger partial charge in [0, 0.05) is 16.6 Å². The Morgan fingerprint density at radius 2 is 1.83 bits per heavy atom. The minimum absolute atomic E-state index is 0.0916. The van der Waals surface area contributed by atoms with Crippen LogP contribution in [-0.4, -0.2) is 26.6 Å². The summed E-state index contributed by atoms with van der Waals surface area (Å²) in [4.78, 5) is 12.6. The van der Waals surface area contributed by atoms with Gasteiger partial charge in [0.25, 0.3) is 5.91 Å². The second-order valence-electron chi connectivity index (χ2n) is 8.16. The van der Waals surface area contributed by atoms with E-state index < -0.39 is 10.0 Å². The van der Waals surface area contributed by atoms with Gasteiger partial charge in [-0.15, -0.1) is 0 Å². The SMILES string of the molecule is CS(=O)(=O)N(Cc1ccccc1Cl)c1ccc(C(=O)N[C@@H]2C[C@@H]3CC[C@H]2C3)cc1. The molecule has 1 amide bonds. The summed E-state index contributed by atoms with van der Waals surface area (Å²) in [5, 5.41) is 3.68. The molecule has 2 saturated carbocycles. The lowest BCUT2D eigenvalue weighted by molar-refractivity contribution is 0.0923. The summed E-state index contributed by atoms with van der Waals surface area (Å²) < 4.78 is 26.0. The third-order valence-electron chi connectivity index (χ3n) is 6.14. The molecule has 2 bridgehead atoms. The second-order valence-corrected chi connectivity index (χ2v) is 10.5. The molecule has 7 heteroatoms. The number of benzene rings is 2. The fourth-order valence-corrected chi connectivity index (χ4v) is 5.71. The van der Waals surface area contributed by atoms with Crippen LogP contribution >= 0.6 is 11.6 Å². The summed E-state index contributed by atoms with van der Waals surface area (Å²) in [6, 6.07) is 14.2. The standard InChI is InChI=1S/C22H25ClN2O3S/c1-29(27,28)25(14-18-4-2-3-5-20(18)23)19-10-8-16(9-11-19)22(26)24-21-13-15-6-7-17(21)12-15/h2-5,8-11,15,17,21H,6-7,12-14H2,1H3,(H,24,26)/t15-,17+,21-/m1/s1. The Morgan fingerprint density at radius 3 is 2.41 bits per heavy atom. The number of carbonyl (C=O) groups excluding carboxylic acids is 1. The van der Waals surface area contributed by atoms with Crippen molar-refractivity contribution < 1.29 is 13.2 Å². The zero-order valence-electron chi connectivity index (χ0n) is 16.3. The van der Waals surface area contributed by atoms with E-state index in [4.69, 9.17) is 11.6 Å². The van der Waals surface area contributed by atoms with E-state index in [1.165, 1.54) is 29.8 Å². The van der Waals surface area contributed by atoms with Crippen molar-refractivity contribution in [2.75, 3.05) is 10.6 Å². The van der Waals surface area contributed by atoms with Gasteiger partial charge in [0.1, 0.15) is 0 Å². The Hall–Kier alpha value is -2.05. The predicted octanol–water partition coefficient (Wildman–Crippen LogP) is 4.22. The highest BCUT2D eigenvalue weighted by atomic mass is 35.5. The molecular formula is C22H25ClN2O3S. The minimum Gasteiger partial charge on any atom is -0.349 e. The number of nitrogens with one attached hydrogen (secondary N) is 1. The fourth-order valence-electron chi connectivity index (χ4n) is 4.63. The van der Waals surface area contributed by atoms with Gasteiger partial charge in [0.2, 0.25) is 10.0 Å². The number of carbonyl (C=O) groups is 1. The van der Waals surface area contributed by atoms with Crippen molar-refractivity contribution in [3.8, 4) is 0 Å². The summed E-state index contributed by atoms with van der Waals surface area (Å²) in [6.07, 6.45) is 5.97. The first-order valence-electron chi connectivity index (χ1n) is 9.93. The average Bonchev–Trinajstić information content (AvgIpc) is 3.30. The maximum atomic E-state index is 12.6. The molecule has 2 aromatic rings. The van der Waals surface area contributed by atoms with Crippen LogP contribution in [0, 0.1) is 11.8 Å². The smallest absolute Gasteiger partial charge is 0.251 e. The molecule has 4 rings (SSSR count). The number of hydrogen-bond acceptors (Lipinski definition) is 3. The highest BCUT2D eigenvalue weighted by Crippen LogP contribution is 2.44. The Balaban J connectivity index is 1.50. The average molecular weight is 433 g/mol. The van der Waals surface area contributed by atoms with Crippen molar-refractivity contribution >= 4 is 33.2 Å². The summed E-state index contributed by atoms with van der Waals surface area (Å²) in [5.74, 6) is 1.28. The third-order valence-corrected chi connectivity index (χ3v) is 7.65. The van der Waals surface area contributed by atoms with E-state index in [9.17, 15) is 13.2 Å². The molecule has 0 aliphatic heterocycles. The van der Waals surface area contributed by atoms with E-state index in [-0.39, 0.29) is 18.5 Å². The second kappa shape index (κ2) is 8.00. The summed E-state index contributed by atoms with van der Waals surface area (Å²) >= 11 is 6.21. The highest BCUT2D eigenvalue weighted by molar-refractivity contribution is 7.92. The molecule has 2 aliphatic rings. The van der Waals surface area contributed by atoms with Crippen LogP contribution in [-0.2, 0) is 16.6 Å². The van der Waals surface area contributed by atoms with Gasteiger partial charge in [0.15, 0.2) is 0 Å². The van der Waals surface area contributed by atoms with Gasteiger partial charge in [0.05, 0.1) is 18.5 Å². The van der Waals surface area contributed by atoms with Crippen LogP contribution in [0.4, 0.5) is 5.69 Å². The molecule has 2 fully saturated rings. The molecule has 29 heavy (non-hydrogen) atoms. The van der Waals surface area contributed by atoms with Crippen LogP contribution in [0.2, 0.25) is 5.02 Å². The lowest BCUT2D eigenvalue weighted by Crippen LogP contribution is -2.38. The van der Waals surface area contributed by atoms with Crippen molar-refractivity contribution in [2.45, 2.75) is 38.3 Å². The number of rotatable bonds is 6. The molecule has 1 N–H and O–H groups in total. The van der Waals surface area contributed by atoms with Crippen LogP contribution in [0.1, 0.15) is 41.6 Å². The molecule has 0 aromatic heterocycles. The van der Waals surface area contributed by atoms with Gasteiger partial charge in [-0.1, -0.05) is 36.2 Å². The number of fused-ring (bicyclic) bond motifs is 2. The maximum absolute atomic E-state index is 12.6. The zero-order valence-corrected chi connectivity index (χ0v) is 17.9. The van der Waals surface area contributed by atoms with Crippen molar-refractivity contribution in [2.24, 2.45) is 11.8 Å². The van der Waals surface area contributed by atoms with Gasteiger partial charge in [-0.05, 0) is 67.0 Å². The van der Waals surface area contributed by atoms with Gasteiger partial charge in [-0.2, -0.15) is 0 Å². The van der Waals surface area contributed by atoms with Crippen LogP contribution < -0.4 is 9.62 Å². The number of amides is 1. The number of nitrogens with zero attached hydrogens (tertiary/aromatic N) is 1. The molecule has 2 aromatic carbocycles. The van der Waals surface area contributed by atoms with E-state index in [1.54, 1.807) is 42.5 Å². The lowest BCUT2D eigenvalue weighted by atomic mass is 9.95. The van der Waals surface area contributed by atoms with Gasteiger partial charge in [-0.3, -0.25) is 9.10 Å². The molecule has 0 unspecified atom stereocenters. The molecule has 0 radical (unpaired) electrons. The van der Waals surface area contributed by atoms with E-state index in [0.717, 1.165) is 17.9 Å². The molecule has 0 heterocycles. The quantitative estimate of drug-likeness (QED) is 0.742. The predicted molar refractivity (Wildman–Crippen MR) is 116 cm³/mol. The van der Waals surface area contributed by atoms with Crippen molar-refractivity contribution in [1.82, 2.24) is 5.32 Å². The molecule has 3 atom stereocenters. The van der Waals surface area contributed by atoms with E-state index in [0.29, 0.717) is 22.2 Å². The van der Waals surface area contributed by atoms with Crippen molar-refractivity contribution in [1.29, 1.82) is 0 Å². The number of halogens is 1. The minimum atomic E-state index is -3.52. The first-order chi connectivity index (χ1) is 13.8. The molecular weight excluding hydrogens is 408 g/mol. The molecule has 0 saturated heterocycles. The van der Waals surface area contributed by atoms with Crippen LogP contribution in [0.5, 0.6) is 0 Å². The van der Waals surface area contributed by atoms with Gasteiger partial charge >= 0.3 is 0 Å². The van der Waals surface area contributed by atoms with Crippen LogP contribution in [0.15, 0.2) is 48.5 Å². The lowest BCUT2D eigenvalue weighted by Gasteiger charge is -2.24. The number of anilines is 1. The first-order valence-corrected chi connectivity index (χ1v) is 12.2. The zero-order chi connectivity index (χ0) is 20.6. The Bertz CT molecular complexity index is 1010. The van der Waals surface area contributed by atoms with E-state index >= 15 is 0 Å². The monoisotopic (exact) mass is 432 g/mol. The molecule has 0 spiro atoms. The summed E-state index contributed by atoms with van der Waals surface area (Å²) in [6.45, 7) is 0.134. The Morgan fingerprint density at radius 1 is 1.10 bits per heavy atom. The Labute approximate surface area is 177 Å². The summed E-state index contributed by atoms with van der Waals surface area (Å²) in [5.41, 5.74) is 1.77.